The standard InChI is InChI=1S/C21H18ClN3O3.ClH/c22-15-5-3-14(4-6-15)17-11-24(21-2-1-9-25(17)21)12-20(26)23-16-7-8-18-19(10-16)28-13-27-18;/h3-8,10-11H,1-2,9,12-13H2;1H. The summed E-state index contributed by atoms with van der Waals surface area (Å²) in [5, 5.41) is 3.66. The third-order valence-corrected chi connectivity index (χ3v) is 5.36. The summed E-state index contributed by atoms with van der Waals surface area (Å²) in [6.07, 6.45) is 4.10. The average Bonchev–Trinajstić information content (AvgIpc) is 3.40. The molecule has 0 spiro atoms. The molecule has 0 saturated heterocycles. The Morgan fingerprint density at radius 1 is 1.14 bits per heavy atom. The molecule has 0 atom stereocenters. The molecule has 0 radical (unpaired) electrons. The number of imidazole rings is 1. The van der Waals surface area contributed by atoms with Gasteiger partial charge >= 0.3 is 0 Å². The van der Waals surface area contributed by atoms with Crippen molar-refractivity contribution in [3.8, 4) is 22.8 Å². The predicted octanol–water partition coefficient (Wildman–Crippen LogP) is 0.414. The summed E-state index contributed by atoms with van der Waals surface area (Å²) in [5.41, 5.74) is 2.91. The van der Waals surface area contributed by atoms with E-state index in [1.165, 1.54) is 5.82 Å². The number of aromatic nitrogens is 2. The molecule has 0 fully saturated rings. The van der Waals surface area contributed by atoms with Gasteiger partial charge in [-0.05, 0) is 42.8 Å². The Bertz CT molecular complexity index is 1060. The summed E-state index contributed by atoms with van der Waals surface area (Å²) in [6, 6.07) is 13.2. The zero-order valence-corrected chi connectivity index (χ0v) is 17.0. The lowest BCUT2D eigenvalue weighted by atomic mass is 10.2. The number of carbonyl (C=O) groups excluding carboxylic acids is 1. The van der Waals surface area contributed by atoms with E-state index >= 15 is 0 Å². The van der Waals surface area contributed by atoms with E-state index in [0.29, 0.717) is 22.2 Å². The molecule has 150 valence electrons. The summed E-state index contributed by atoms with van der Waals surface area (Å²) in [4.78, 5) is 12.6. The Hall–Kier alpha value is -2.70. The molecule has 3 aromatic rings. The molecule has 3 heterocycles. The van der Waals surface area contributed by atoms with Crippen molar-refractivity contribution in [2.45, 2.75) is 25.9 Å². The highest BCUT2D eigenvalue weighted by atomic mass is 35.5. The van der Waals surface area contributed by atoms with Crippen molar-refractivity contribution in [1.29, 1.82) is 0 Å². The summed E-state index contributed by atoms with van der Waals surface area (Å²) >= 11 is 6.02. The molecule has 2 aromatic carbocycles. The van der Waals surface area contributed by atoms with Gasteiger partial charge in [-0.3, -0.25) is 4.79 Å². The van der Waals surface area contributed by atoms with Crippen molar-refractivity contribution in [2.24, 2.45) is 0 Å². The van der Waals surface area contributed by atoms with Gasteiger partial charge in [-0.2, -0.15) is 0 Å². The molecule has 29 heavy (non-hydrogen) atoms. The van der Waals surface area contributed by atoms with E-state index in [1.807, 2.05) is 34.9 Å². The third-order valence-electron chi connectivity index (χ3n) is 5.10. The number of rotatable bonds is 4. The first-order valence-electron chi connectivity index (χ1n) is 9.25. The van der Waals surface area contributed by atoms with Crippen LogP contribution in [0.3, 0.4) is 0 Å². The van der Waals surface area contributed by atoms with Gasteiger partial charge in [0.25, 0.3) is 11.7 Å². The van der Waals surface area contributed by atoms with Crippen molar-refractivity contribution >= 4 is 23.2 Å². The van der Waals surface area contributed by atoms with Crippen LogP contribution in [-0.2, 0) is 24.3 Å². The van der Waals surface area contributed by atoms with Crippen LogP contribution in [0, 0.1) is 0 Å². The molecule has 2 aliphatic heterocycles. The molecule has 1 N–H and O–H groups in total. The second-order valence-electron chi connectivity index (χ2n) is 6.94. The summed E-state index contributed by atoms with van der Waals surface area (Å²) < 4.78 is 15.0. The maximum Gasteiger partial charge on any atom is 0.266 e. The number of halogens is 2. The Morgan fingerprint density at radius 2 is 1.93 bits per heavy atom. The van der Waals surface area contributed by atoms with E-state index < -0.39 is 0 Å². The minimum Gasteiger partial charge on any atom is -1.00 e. The minimum absolute atomic E-state index is 0. The number of carbonyl (C=O) groups is 1. The van der Waals surface area contributed by atoms with Crippen molar-refractivity contribution in [3.05, 3.63) is 59.5 Å². The molecular formula is C21H19Cl2N3O3. The van der Waals surface area contributed by atoms with Crippen molar-refractivity contribution in [1.82, 2.24) is 4.57 Å². The fourth-order valence-corrected chi connectivity index (χ4v) is 3.95. The van der Waals surface area contributed by atoms with Gasteiger partial charge < -0.3 is 27.2 Å². The number of nitrogens with zero attached hydrogens (tertiary/aromatic N) is 2. The molecule has 0 unspecified atom stereocenters. The monoisotopic (exact) mass is 431 g/mol. The van der Waals surface area contributed by atoms with Crippen molar-refractivity contribution in [2.75, 3.05) is 12.1 Å². The smallest absolute Gasteiger partial charge is 0.266 e. The number of fused-ring (bicyclic) bond motifs is 2. The van der Waals surface area contributed by atoms with E-state index in [2.05, 4.69) is 16.1 Å². The second-order valence-corrected chi connectivity index (χ2v) is 7.37. The van der Waals surface area contributed by atoms with Gasteiger partial charge in [-0.15, -0.1) is 0 Å². The fourth-order valence-electron chi connectivity index (χ4n) is 3.83. The SMILES string of the molecule is O=C(C[n+]1cc(-c2ccc(Cl)cc2)n2c1CCC2)Nc1ccc2c(c1)OCO2.[Cl-]. The maximum atomic E-state index is 12.6. The topological polar surface area (TPSA) is 56.4 Å². The average molecular weight is 432 g/mol. The van der Waals surface area contributed by atoms with Crippen LogP contribution in [0.4, 0.5) is 5.69 Å². The highest BCUT2D eigenvalue weighted by molar-refractivity contribution is 6.30. The molecule has 0 bridgehead atoms. The van der Waals surface area contributed by atoms with Crippen LogP contribution in [0.2, 0.25) is 5.02 Å². The van der Waals surface area contributed by atoms with Gasteiger partial charge in [0.05, 0.1) is 13.0 Å². The largest absolute Gasteiger partial charge is 1.00 e. The van der Waals surface area contributed by atoms with Crippen molar-refractivity contribution < 1.29 is 31.2 Å². The van der Waals surface area contributed by atoms with Crippen LogP contribution in [0.25, 0.3) is 11.3 Å². The number of benzene rings is 2. The van der Waals surface area contributed by atoms with E-state index in [9.17, 15) is 4.79 Å². The quantitative estimate of drug-likeness (QED) is 0.608. The summed E-state index contributed by atoms with van der Waals surface area (Å²) in [5.74, 6) is 2.45. The van der Waals surface area contributed by atoms with Crippen LogP contribution < -0.4 is 31.8 Å². The Kier molecular flexibility index (Phi) is 5.39. The zero-order valence-electron chi connectivity index (χ0n) is 15.5. The first-order chi connectivity index (χ1) is 13.7. The molecule has 8 heteroatoms. The van der Waals surface area contributed by atoms with Gasteiger partial charge in [0.15, 0.2) is 23.7 Å². The van der Waals surface area contributed by atoms with E-state index in [0.717, 1.165) is 30.6 Å². The van der Waals surface area contributed by atoms with Crippen LogP contribution in [0.5, 0.6) is 11.5 Å². The van der Waals surface area contributed by atoms with Gasteiger partial charge in [0.2, 0.25) is 6.79 Å². The molecule has 1 amide bonds. The number of anilines is 1. The van der Waals surface area contributed by atoms with E-state index in [1.54, 1.807) is 12.1 Å². The third kappa shape index (κ3) is 3.78. The number of ether oxygens (including phenoxy) is 2. The molecule has 6 nitrogen and oxygen atoms in total. The number of nitrogens with one attached hydrogen (secondary N) is 1. The molecule has 5 rings (SSSR count). The first kappa shape index (κ1) is 19.6. The molecule has 1 aromatic heterocycles. The lowest BCUT2D eigenvalue weighted by Gasteiger charge is -2.05. The fraction of sp³-hybridized carbons (Fsp3) is 0.238. The number of amides is 1. The van der Waals surface area contributed by atoms with E-state index in [4.69, 9.17) is 21.1 Å². The summed E-state index contributed by atoms with van der Waals surface area (Å²) in [7, 11) is 0. The highest BCUT2D eigenvalue weighted by Crippen LogP contribution is 2.34. The lowest BCUT2D eigenvalue weighted by Crippen LogP contribution is -3.00. The van der Waals surface area contributed by atoms with Crippen LogP contribution >= 0.6 is 11.6 Å². The van der Waals surface area contributed by atoms with Gasteiger partial charge in [-0.25, -0.2) is 9.13 Å². The van der Waals surface area contributed by atoms with Gasteiger partial charge in [0, 0.05) is 22.3 Å². The maximum absolute atomic E-state index is 12.6. The minimum atomic E-state index is -0.0770. The van der Waals surface area contributed by atoms with Crippen molar-refractivity contribution in [3.63, 3.8) is 0 Å². The molecular weight excluding hydrogens is 413 g/mol. The lowest BCUT2D eigenvalue weighted by molar-refractivity contribution is -0.690. The van der Waals surface area contributed by atoms with Gasteiger partial charge in [0.1, 0.15) is 6.20 Å². The Balaban J connectivity index is 0.00000205. The number of hydrogen-bond acceptors (Lipinski definition) is 3. The predicted molar refractivity (Wildman–Crippen MR) is 105 cm³/mol. The zero-order chi connectivity index (χ0) is 19.1. The van der Waals surface area contributed by atoms with E-state index in [-0.39, 0.29) is 31.7 Å². The van der Waals surface area contributed by atoms with Crippen LogP contribution in [0.1, 0.15) is 12.2 Å². The first-order valence-corrected chi connectivity index (χ1v) is 9.62. The Labute approximate surface area is 179 Å². The molecule has 0 saturated carbocycles. The van der Waals surface area contributed by atoms with Crippen LogP contribution in [0.15, 0.2) is 48.7 Å². The Morgan fingerprint density at radius 3 is 2.76 bits per heavy atom. The summed E-state index contributed by atoms with van der Waals surface area (Å²) in [6.45, 7) is 1.44. The van der Waals surface area contributed by atoms with Gasteiger partial charge in [-0.1, -0.05) is 11.6 Å². The molecule has 2 aliphatic rings. The molecule has 0 aliphatic carbocycles. The normalized spacial score (nSPS) is 13.7. The highest BCUT2D eigenvalue weighted by Gasteiger charge is 2.29. The van der Waals surface area contributed by atoms with Crippen LogP contribution in [-0.4, -0.2) is 17.3 Å². The second kappa shape index (κ2) is 7.97. The number of hydrogen-bond donors (Lipinski definition) is 1.